The van der Waals surface area contributed by atoms with Crippen LogP contribution in [0.4, 0.5) is 0 Å². The summed E-state index contributed by atoms with van der Waals surface area (Å²) in [6.07, 6.45) is 7.59. The number of benzene rings is 8. The van der Waals surface area contributed by atoms with Gasteiger partial charge in [-0.1, -0.05) is 109 Å². The molecule has 9 nitrogen and oxygen atoms in total. The maximum absolute atomic E-state index is 6.77. The summed E-state index contributed by atoms with van der Waals surface area (Å²) in [6.45, 7) is 2.10. The molecule has 0 aliphatic carbocycles. The first-order valence-corrected chi connectivity index (χ1v) is 21.0. The van der Waals surface area contributed by atoms with Crippen molar-refractivity contribution in [1.82, 2.24) is 32.6 Å². The molecule has 0 aliphatic rings. The van der Waals surface area contributed by atoms with Gasteiger partial charge in [0.1, 0.15) is 11.5 Å². The van der Waals surface area contributed by atoms with Crippen LogP contribution < -0.4 is 9.30 Å². The number of ether oxygens (including phenoxy) is 1. The summed E-state index contributed by atoms with van der Waals surface area (Å²) in [5.74, 6) is 2.90. The maximum atomic E-state index is 6.77. The van der Waals surface area contributed by atoms with E-state index in [4.69, 9.17) is 14.7 Å². The van der Waals surface area contributed by atoms with Gasteiger partial charge in [0.25, 0.3) is 6.33 Å². The lowest BCUT2D eigenvalue weighted by Gasteiger charge is -2.12. The van der Waals surface area contributed by atoms with Gasteiger partial charge in [-0.15, -0.1) is 0 Å². The smallest absolute Gasteiger partial charge is 0.269 e. The van der Waals surface area contributed by atoms with Crippen LogP contribution in [0.5, 0.6) is 11.5 Å². The molecule has 0 saturated carbocycles. The largest absolute Gasteiger partial charge is 0.458 e. The Kier molecular flexibility index (Phi) is 7.62. The second kappa shape index (κ2) is 13.7. The van der Waals surface area contributed by atoms with E-state index in [0.29, 0.717) is 11.5 Å². The average Bonchev–Trinajstić information content (AvgIpc) is 4.17. The Morgan fingerprint density at radius 3 is 2.11 bits per heavy atom. The van der Waals surface area contributed by atoms with E-state index in [1.165, 1.54) is 10.8 Å². The van der Waals surface area contributed by atoms with E-state index in [0.717, 1.165) is 84.2 Å². The van der Waals surface area contributed by atoms with Crippen molar-refractivity contribution in [2.45, 2.75) is 6.92 Å². The monoisotopic (exact) mass is 812 g/mol. The highest BCUT2D eigenvalue weighted by Crippen LogP contribution is 2.37. The highest BCUT2D eigenvalue weighted by atomic mass is 16.5. The Balaban J connectivity index is 0.943. The predicted octanol–water partition coefficient (Wildman–Crippen LogP) is 11.8. The molecule has 0 saturated heterocycles. The molecule has 13 rings (SSSR count). The summed E-state index contributed by atoms with van der Waals surface area (Å²) >= 11 is 0. The molecule has 298 valence electrons. The van der Waals surface area contributed by atoms with E-state index >= 15 is 0 Å². The summed E-state index contributed by atoms with van der Waals surface area (Å²) < 4.78 is 19.9. The van der Waals surface area contributed by atoms with Crippen LogP contribution in [0.1, 0.15) is 5.56 Å². The van der Waals surface area contributed by atoms with E-state index in [-0.39, 0.29) is 0 Å². The van der Waals surface area contributed by atoms with Crippen LogP contribution in [0.2, 0.25) is 0 Å². The van der Waals surface area contributed by atoms with Crippen molar-refractivity contribution in [3.05, 3.63) is 212 Å². The summed E-state index contributed by atoms with van der Waals surface area (Å²) in [5.41, 5.74) is 13.4. The minimum absolute atomic E-state index is 0.691. The molecule has 5 aromatic heterocycles. The fourth-order valence-electron chi connectivity index (χ4n) is 9.38. The third-order valence-electron chi connectivity index (χ3n) is 12.2. The standard InChI is InChI=1S/C54H36N8O/c1-36-15-12-27-48-51(36)56-54-61(48)47-30-29-41(34-50(47)62(54)53-55-31-32-57(53)37-16-4-2-5-17-37)63-40-21-13-20-39(33-40)58-35-59(46-26-11-10-25-45(46)58)49-28-14-23-43-42-22-8-9-24-44(42)60(52(43)49)38-18-6-3-7-19-38/h2-34H,1H3. The number of rotatable bonds is 7. The van der Waals surface area contributed by atoms with Gasteiger partial charge in [0.2, 0.25) is 11.7 Å². The molecule has 0 aliphatic heterocycles. The van der Waals surface area contributed by atoms with E-state index in [1.807, 2.05) is 48.8 Å². The minimum Gasteiger partial charge on any atom is -0.458 e. The number of aryl methyl sites for hydroxylation is 1. The summed E-state index contributed by atoms with van der Waals surface area (Å²) in [6, 6.07) is 65.2. The predicted molar refractivity (Wildman–Crippen MR) is 249 cm³/mol. The van der Waals surface area contributed by atoms with Crippen LogP contribution in [-0.2, 0) is 0 Å². The van der Waals surface area contributed by atoms with Crippen LogP contribution in [0.25, 0.3) is 89.4 Å². The molecule has 8 aromatic carbocycles. The van der Waals surface area contributed by atoms with Crippen molar-refractivity contribution in [2.24, 2.45) is 0 Å². The van der Waals surface area contributed by atoms with Gasteiger partial charge in [0.05, 0.1) is 55.5 Å². The molecule has 0 amide bonds. The average molecular weight is 813 g/mol. The Labute approximate surface area is 360 Å². The second-order valence-corrected chi connectivity index (χ2v) is 15.8. The molecule has 0 atom stereocenters. The lowest BCUT2D eigenvalue weighted by molar-refractivity contribution is -0.571. The molecule has 5 heterocycles. The highest BCUT2D eigenvalue weighted by Gasteiger charge is 2.23. The van der Waals surface area contributed by atoms with E-state index in [2.05, 4.69) is 192 Å². The molecular weight excluding hydrogens is 777 g/mol. The Bertz CT molecular complexity index is 3910. The number of aromatic nitrogens is 8. The Morgan fingerprint density at radius 2 is 1.24 bits per heavy atom. The van der Waals surface area contributed by atoms with Crippen LogP contribution >= 0.6 is 0 Å². The fourth-order valence-corrected chi connectivity index (χ4v) is 9.38. The number of hydrogen-bond acceptors (Lipinski definition) is 3. The minimum atomic E-state index is 0.691. The number of fused-ring (bicyclic) bond motifs is 9. The van der Waals surface area contributed by atoms with Crippen LogP contribution in [0.3, 0.4) is 0 Å². The van der Waals surface area contributed by atoms with E-state index < -0.39 is 0 Å². The third-order valence-corrected chi connectivity index (χ3v) is 12.2. The molecule has 0 N–H and O–H groups in total. The van der Waals surface area contributed by atoms with Gasteiger partial charge in [-0.05, 0) is 85.3 Å². The van der Waals surface area contributed by atoms with Gasteiger partial charge >= 0.3 is 0 Å². The number of nitrogens with zero attached hydrogens (tertiary/aromatic N) is 8. The normalized spacial score (nSPS) is 11.9. The van der Waals surface area contributed by atoms with Gasteiger partial charge < -0.3 is 9.30 Å². The van der Waals surface area contributed by atoms with Gasteiger partial charge in [0.15, 0.2) is 0 Å². The molecule has 0 radical (unpaired) electrons. The zero-order chi connectivity index (χ0) is 41.6. The summed E-state index contributed by atoms with van der Waals surface area (Å²) in [5, 5.41) is 2.39. The number of imidazole rings is 4. The topological polar surface area (TPSA) is 63.0 Å². The second-order valence-electron chi connectivity index (χ2n) is 15.8. The van der Waals surface area contributed by atoms with Crippen molar-refractivity contribution in [2.75, 3.05) is 0 Å². The molecule has 0 spiro atoms. The molecule has 0 unspecified atom stereocenters. The number of hydrogen-bond donors (Lipinski definition) is 0. The highest BCUT2D eigenvalue weighted by molar-refractivity contribution is 6.11. The lowest BCUT2D eigenvalue weighted by atomic mass is 10.1. The molecule has 63 heavy (non-hydrogen) atoms. The van der Waals surface area contributed by atoms with Crippen molar-refractivity contribution in [1.29, 1.82) is 0 Å². The first kappa shape index (κ1) is 35.1. The molecule has 0 bridgehead atoms. The van der Waals surface area contributed by atoms with Crippen molar-refractivity contribution < 1.29 is 9.30 Å². The van der Waals surface area contributed by atoms with Crippen LogP contribution in [0.15, 0.2) is 200 Å². The van der Waals surface area contributed by atoms with Gasteiger partial charge in [-0.3, -0.25) is 18.1 Å². The van der Waals surface area contributed by atoms with Gasteiger partial charge in [0, 0.05) is 40.6 Å². The van der Waals surface area contributed by atoms with Crippen molar-refractivity contribution in [3.63, 3.8) is 0 Å². The van der Waals surface area contributed by atoms with Crippen LogP contribution in [0, 0.1) is 13.3 Å². The Hall–Kier alpha value is -8.69. The van der Waals surface area contributed by atoms with Gasteiger partial charge in [-0.2, -0.15) is 0 Å². The first-order chi connectivity index (χ1) is 31.2. The summed E-state index contributed by atoms with van der Waals surface area (Å²) in [7, 11) is 0. The molecule has 13 aromatic rings. The third kappa shape index (κ3) is 5.33. The lowest BCUT2D eigenvalue weighted by Crippen LogP contribution is -2.30. The van der Waals surface area contributed by atoms with Crippen molar-refractivity contribution >= 4 is 60.7 Å². The zero-order valence-corrected chi connectivity index (χ0v) is 34.0. The summed E-state index contributed by atoms with van der Waals surface area (Å²) in [4.78, 5) is 10.1. The molecule has 9 heteroatoms. The van der Waals surface area contributed by atoms with E-state index in [9.17, 15) is 0 Å². The van der Waals surface area contributed by atoms with Gasteiger partial charge in [-0.25, -0.2) is 14.5 Å². The van der Waals surface area contributed by atoms with Crippen LogP contribution in [-0.4, -0.2) is 32.6 Å². The first-order valence-electron chi connectivity index (χ1n) is 21.0. The fraction of sp³-hybridized carbons (Fsp3) is 0.0185. The zero-order valence-electron chi connectivity index (χ0n) is 34.0. The number of para-hydroxylation sites is 7. The SMILES string of the molecule is Cc1cccc2c1nc1n(-c3nccn3-c3ccccc3)c3cc(Oc4cccc(-n5[c-][n+](-c6cccc7c8ccccc8n(-c8ccccc8)c67)c6ccccc65)c4)ccc3n21. The van der Waals surface area contributed by atoms with Crippen molar-refractivity contribution in [3.8, 4) is 40.2 Å². The quantitative estimate of drug-likeness (QED) is 0.119. The Morgan fingerprint density at radius 1 is 0.540 bits per heavy atom. The molecular formula is C54H36N8O. The molecule has 0 fully saturated rings. The maximum Gasteiger partial charge on any atom is 0.269 e. The van der Waals surface area contributed by atoms with E-state index in [1.54, 1.807) is 0 Å².